The van der Waals surface area contributed by atoms with Crippen LogP contribution in [0.2, 0.25) is 0 Å². The van der Waals surface area contributed by atoms with Gasteiger partial charge in [-0.15, -0.1) is 0 Å². The molecule has 0 aliphatic heterocycles. The number of aryl methyl sites for hydroxylation is 1. The fraction of sp³-hybridized carbons (Fsp3) is 0.625. The second kappa shape index (κ2) is 5.93. The standard InChI is InChI=1S/C16H25NO2/c1-5-18-16-13(17)9-15(16)19-14-8-11(4)6-7-12(14)10(2)3/h6-8,10,13,15-16H,5,9,17H2,1-4H3. The van der Waals surface area contributed by atoms with Crippen LogP contribution in [0.1, 0.15) is 44.2 Å². The van der Waals surface area contributed by atoms with Crippen LogP contribution in [0.15, 0.2) is 18.2 Å². The molecule has 3 unspecified atom stereocenters. The second-order valence-electron chi connectivity index (χ2n) is 5.67. The molecule has 1 aromatic rings. The minimum absolute atomic E-state index is 0.0329. The van der Waals surface area contributed by atoms with Crippen LogP contribution in [-0.2, 0) is 4.74 Å². The predicted molar refractivity (Wildman–Crippen MR) is 77.7 cm³/mol. The van der Waals surface area contributed by atoms with Crippen molar-refractivity contribution in [1.29, 1.82) is 0 Å². The molecule has 0 saturated heterocycles. The summed E-state index contributed by atoms with van der Waals surface area (Å²) in [5.41, 5.74) is 8.45. The van der Waals surface area contributed by atoms with Gasteiger partial charge in [-0.05, 0) is 37.0 Å². The topological polar surface area (TPSA) is 44.5 Å². The van der Waals surface area contributed by atoms with E-state index in [1.54, 1.807) is 0 Å². The molecule has 0 heterocycles. The molecule has 0 spiro atoms. The zero-order valence-electron chi connectivity index (χ0n) is 12.3. The maximum Gasteiger partial charge on any atom is 0.128 e. The molecule has 1 aliphatic carbocycles. The molecule has 1 saturated carbocycles. The van der Waals surface area contributed by atoms with Gasteiger partial charge in [-0.1, -0.05) is 26.0 Å². The average Bonchev–Trinajstić information content (AvgIpc) is 2.35. The van der Waals surface area contributed by atoms with Crippen LogP contribution in [0.3, 0.4) is 0 Å². The lowest BCUT2D eigenvalue weighted by molar-refractivity contribution is -0.0948. The average molecular weight is 263 g/mol. The number of hydrogen-bond donors (Lipinski definition) is 1. The molecule has 2 N–H and O–H groups in total. The van der Waals surface area contributed by atoms with Crippen molar-refractivity contribution in [1.82, 2.24) is 0 Å². The summed E-state index contributed by atoms with van der Waals surface area (Å²) in [6.45, 7) is 9.13. The molecule has 0 aromatic heterocycles. The van der Waals surface area contributed by atoms with E-state index >= 15 is 0 Å². The Morgan fingerprint density at radius 3 is 2.68 bits per heavy atom. The summed E-state index contributed by atoms with van der Waals surface area (Å²) in [6.07, 6.45) is 0.996. The lowest BCUT2D eigenvalue weighted by Crippen LogP contribution is -2.59. The summed E-state index contributed by atoms with van der Waals surface area (Å²) in [4.78, 5) is 0. The van der Waals surface area contributed by atoms with Crippen molar-refractivity contribution in [3.63, 3.8) is 0 Å². The molecule has 3 heteroatoms. The SMILES string of the molecule is CCOC1C(N)CC1Oc1cc(C)ccc1C(C)C. The summed E-state index contributed by atoms with van der Waals surface area (Å²) in [6, 6.07) is 6.51. The van der Waals surface area contributed by atoms with Crippen molar-refractivity contribution < 1.29 is 9.47 Å². The van der Waals surface area contributed by atoms with E-state index in [2.05, 4.69) is 39.0 Å². The first-order chi connectivity index (χ1) is 9.02. The first-order valence-corrected chi connectivity index (χ1v) is 7.17. The third kappa shape index (κ3) is 3.10. The lowest BCUT2D eigenvalue weighted by Gasteiger charge is -2.42. The molecule has 106 valence electrons. The van der Waals surface area contributed by atoms with Crippen LogP contribution in [0.5, 0.6) is 5.75 Å². The van der Waals surface area contributed by atoms with Crippen molar-refractivity contribution in [2.45, 2.75) is 58.3 Å². The van der Waals surface area contributed by atoms with Crippen molar-refractivity contribution in [2.24, 2.45) is 5.73 Å². The monoisotopic (exact) mass is 263 g/mol. The minimum atomic E-state index is 0.0329. The van der Waals surface area contributed by atoms with Crippen LogP contribution in [-0.4, -0.2) is 24.9 Å². The van der Waals surface area contributed by atoms with Gasteiger partial charge in [-0.3, -0.25) is 0 Å². The summed E-state index contributed by atoms with van der Waals surface area (Å²) in [7, 11) is 0. The summed E-state index contributed by atoms with van der Waals surface area (Å²) in [5, 5.41) is 0. The highest BCUT2D eigenvalue weighted by atomic mass is 16.5. The number of nitrogens with two attached hydrogens (primary N) is 1. The van der Waals surface area contributed by atoms with Crippen LogP contribution in [0.4, 0.5) is 0 Å². The molecule has 1 aliphatic rings. The van der Waals surface area contributed by atoms with E-state index in [9.17, 15) is 0 Å². The summed E-state index contributed by atoms with van der Waals surface area (Å²) >= 11 is 0. The van der Waals surface area contributed by atoms with Gasteiger partial charge in [-0.2, -0.15) is 0 Å². The Bertz CT molecular complexity index is 431. The molecule has 0 bridgehead atoms. The van der Waals surface area contributed by atoms with E-state index in [0.29, 0.717) is 12.5 Å². The molecule has 3 nitrogen and oxygen atoms in total. The molecular weight excluding hydrogens is 238 g/mol. The quantitative estimate of drug-likeness (QED) is 0.888. The number of rotatable bonds is 5. The van der Waals surface area contributed by atoms with E-state index in [4.69, 9.17) is 15.2 Å². The molecule has 1 aromatic carbocycles. The van der Waals surface area contributed by atoms with Gasteiger partial charge in [0, 0.05) is 19.1 Å². The lowest BCUT2D eigenvalue weighted by atomic mass is 9.86. The first-order valence-electron chi connectivity index (χ1n) is 7.17. The number of ether oxygens (including phenoxy) is 2. The van der Waals surface area contributed by atoms with Gasteiger partial charge in [0.15, 0.2) is 0 Å². The highest BCUT2D eigenvalue weighted by Gasteiger charge is 2.41. The normalized spacial score (nSPS) is 26.3. The number of benzene rings is 1. The Morgan fingerprint density at radius 2 is 2.11 bits per heavy atom. The van der Waals surface area contributed by atoms with Crippen LogP contribution < -0.4 is 10.5 Å². The van der Waals surface area contributed by atoms with E-state index < -0.39 is 0 Å². The highest BCUT2D eigenvalue weighted by molar-refractivity contribution is 5.39. The first kappa shape index (κ1) is 14.4. The highest BCUT2D eigenvalue weighted by Crippen LogP contribution is 2.33. The van der Waals surface area contributed by atoms with Crippen LogP contribution in [0, 0.1) is 6.92 Å². The third-order valence-electron chi connectivity index (χ3n) is 3.72. The fourth-order valence-corrected chi connectivity index (χ4v) is 2.54. The van der Waals surface area contributed by atoms with Gasteiger partial charge in [0.05, 0.1) is 0 Å². The maximum atomic E-state index is 6.15. The Kier molecular flexibility index (Phi) is 4.48. The predicted octanol–water partition coefficient (Wildman–Crippen LogP) is 3.00. The van der Waals surface area contributed by atoms with E-state index in [0.717, 1.165) is 12.2 Å². The van der Waals surface area contributed by atoms with E-state index in [1.165, 1.54) is 11.1 Å². The van der Waals surface area contributed by atoms with Gasteiger partial charge >= 0.3 is 0 Å². The molecule has 0 amide bonds. The van der Waals surface area contributed by atoms with Crippen molar-refractivity contribution in [2.75, 3.05) is 6.61 Å². The Morgan fingerprint density at radius 1 is 1.37 bits per heavy atom. The number of hydrogen-bond acceptors (Lipinski definition) is 3. The largest absolute Gasteiger partial charge is 0.487 e. The van der Waals surface area contributed by atoms with Gasteiger partial charge in [0.25, 0.3) is 0 Å². The Hall–Kier alpha value is -1.06. The van der Waals surface area contributed by atoms with Crippen molar-refractivity contribution >= 4 is 0 Å². The molecule has 1 fully saturated rings. The van der Waals surface area contributed by atoms with Crippen LogP contribution >= 0.6 is 0 Å². The van der Waals surface area contributed by atoms with Gasteiger partial charge in [0.2, 0.25) is 0 Å². The van der Waals surface area contributed by atoms with Gasteiger partial charge in [0.1, 0.15) is 18.0 Å². The molecular formula is C16H25NO2. The van der Waals surface area contributed by atoms with Crippen molar-refractivity contribution in [3.8, 4) is 5.75 Å². The van der Waals surface area contributed by atoms with Crippen LogP contribution in [0.25, 0.3) is 0 Å². The Labute approximate surface area is 116 Å². The van der Waals surface area contributed by atoms with Gasteiger partial charge < -0.3 is 15.2 Å². The Balaban J connectivity index is 2.12. The zero-order valence-corrected chi connectivity index (χ0v) is 12.3. The van der Waals surface area contributed by atoms with E-state index in [-0.39, 0.29) is 18.2 Å². The second-order valence-corrected chi connectivity index (χ2v) is 5.67. The molecule has 3 atom stereocenters. The summed E-state index contributed by atoms with van der Waals surface area (Å²) in [5.74, 6) is 1.44. The fourth-order valence-electron chi connectivity index (χ4n) is 2.54. The zero-order chi connectivity index (χ0) is 14.0. The maximum absolute atomic E-state index is 6.15. The molecule has 19 heavy (non-hydrogen) atoms. The molecule has 2 rings (SSSR count). The molecule has 0 radical (unpaired) electrons. The van der Waals surface area contributed by atoms with Crippen molar-refractivity contribution in [3.05, 3.63) is 29.3 Å². The third-order valence-corrected chi connectivity index (χ3v) is 3.72. The van der Waals surface area contributed by atoms with E-state index in [1.807, 2.05) is 6.92 Å². The summed E-state index contributed by atoms with van der Waals surface area (Å²) < 4.78 is 11.8. The van der Waals surface area contributed by atoms with Gasteiger partial charge in [-0.25, -0.2) is 0 Å². The smallest absolute Gasteiger partial charge is 0.128 e. The minimum Gasteiger partial charge on any atom is -0.487 e.